The second-order valence-electron chi connectivity index (χ2n) is 16.7. The Labute approximate surface area is 330 Å². The molecular weight excluding hydrogens is 728 g/mol. The van der Waals surface area contributed by atoms with E-state index in [1.165, 1.54) is 18.2 Å². The van der Waals surface area contributed by atoms with E-state index in [2.05, 4.69) is 33.5 Å². The molecule has 57 heavy (non-hydrogen) atoms. The summed E-state index contributed by atoms with van der Waals surface area (Å²) >= 11 is 0. The summed E-state index contributed by atoms with van der Waals surface area (Å²) in [5.74, 6) is -1.10. The van der Waals surface area contributed by atoms with E-state index >= 15 is 0 Å². The predicted molar refractivity (Wildman–Crippen MR) is 217 cm³/mol. The number of imide groups is 1. The molecule has 5 aromatic rings. The number of aliphatic hydroxyl groups is 1. The lowest BCUT2D eigenvalue weighted by Crippen LogP contribution is -2.45. The van der Waals surface area contributed by atoms with Crippen LogP contribution in [0.1, 0.15) is 93.2 Å². The van der Waals surface area contributed by atoms with Crippen molar-refractivity contribution in [1.29, 1.82) is 0 Å². The van der Waals surface area contributed by atoms with Crippen molar-refractivity contribution in [2.75, 3.05) is 36.9 Å². The highest BCUT2D eigenvalue weighted by Gasteiger charge is 2.33. The largest absolute Gasteiger partial charge is 0.386 e. The fourth-order valence-electron chi connectivity index (χ4n) is 9.31. The van der Waals surface area contributed by atoms with Crippen molar-refractivity contribution in [3.63, 3.8) is 0 Å². The van der Waals surface area contributed by atoms with Gasteiger partial charge in [0.05, 0.1) is 33.9 Å². The molecular formula is C43H51FN8O5. The average molecular weight is 779 g/mol. The number of hydrogen-bond acceptors (Lipinski definition) is 8. The molecule has 3 fully saturated rings. The molecule has 4 heterocycles. The normalized spacial score (nSPS) is 21.1. The van der Waals surface area contributed by atoms with E-state index in [1.54, 1.807) is 36.1 Å². The van der Waals surface area contributed by atoms with Crippen molar-refractivity contribution in [3.05, 3.63) is 88.2 Å². The molecule has 3 aromatic carbocycles. The fraction of sp³-hybridized carbons (Fsp3) is 0.465. The molecule has 3 aliphatic rings. The molecule has 0 spiro atoms. The quantitative estimate of drug-likeness (QED) is 0.164. The van der Waals surface area contributed by atoms with Gasteiger partial charge in [0, 0.05) is 67.5 Å². The van der Waals surface area contributed by atoms with Crippen molar-refractivity contribution in [3.8, 4) is 0 Å². The maximum absolute atomic E-state index is 13.8. The van der Waals surface area contributed by atoms with Crippen molar-refractivity contribution in [1.82, 2.24) is 29.1 Å². The number of nitrogens with one attached hydrogen (secondary N) is 2. The summed E-state index contributed by atoms with van der Waals surface area (Å²) in [6, 6.07) is 15.1. The number of carbonyl (C=O) groups excluding carboxylic acids is 3. The van der Waals surface area contributed by atoms with Crippen LogP contribution in [-0.4, -0.2) is 79.4 Å². The van der Waals surface area contributed by atoms with Crippen LogP contribution in [0.25, 0.3) is 21.9 Å². The number of aromatic nitrogens is 4. The smallest absolute Gasteiger partial charge is 0.329 e. The first kappa shape index (κ1) is 38.5. The highest BCUT2D eigenvalue weighted by Crippen LogP contribution is 2.37. The van der Waals surface area contributed by atoms with Gasteiger partial charge in [0.25, 0.3) is 5.91 Å². The number of nitrogens with zero attached hydrogens (tertiary/aromatic N) is 6. The van der Waals surface area contributed by atoms with E-state index in [0.717, 1.165) is 80.3 Å². The number of piperidine rings is 2. The first-order valence-electron chi connectivity index (χ1n) is 20.1. The van der Waals surface area contributed by atoms with Crippen LogP contribution in [0.3, 0.4) is 0 Å². The molecule has 2 saturated heterocycles. The molecule has 8 rings (SSSR count). The van der Waals surface area contributed by atoms with Crippen LogP contribution in [0.4, 0.5) is 15.8 Å². The Morgan fingerprint density at radius 1 is 1.00 bits per heavy atom. The molecule has 1 atom stereocenters. The van der Waals surface area contributed by atoms with Gasteiger partial charge >= 0.3 is 5.69 Å². The maximum Gasteiger partial charge on any atom is 0.329 e. The highest BCUT2D eigenvalue weighted by atomic mass is 19.1. The van der Waals surface area contributed by atoms with Gasteiger partial charge in [-0.2, -0.15) is 5.10 Å². The summed E-state index contributed by atoms with van der Waals surface area (Å²) < 4.78 is 19.0. The number of anilines is 2. The van der Waals surface area contributed by atoms with Crippen LogP contribution < -0.4 is 21.2 Å². The molecule has 300 valence electrons. The lowest BCUT2D eigenvalue weighted by Gasteiger charge is -2.40. The van der Waals surface area contributed by atoms with E-state index in [4.69, 9.17) is 5.10 Å². The van der Waals surface area contributed by atoms with Crippen molar-refractivity contribution < 1.29 is 23.9 Å². The van der Waals surface area contributed by atoms with Crippen molar-refractivity contribution >= 4 is 51.0 Å². The topological polar surface area (TPSA) is 147 Å². The minimum absolute atomic E-state index is 0.198. The summed E-state index contributed by atoms with van der Waals surface area (Å²) in [7, 11) is 3.99. The second kappa shape index (κ2) is 15.2. The fourth-order valence-corrected chi connectivity index (χ4v) is 9.31. The van der Waals surface area contributed by atoms with Gasteiger partial charge in [-0.15, -0.1) is 0 Å². The molecule has 2 aliphatic heterocycles. The molecule has 2 aromatic heterocycles. The molecule has 1 saturated carbocycles. The third-order valence-electron chi connectivity index (χ3n) is 12.4. The van der Waals surface area contributed by atoms with Crippen LogP contribution in [-0.2, 0) is 22.2 Å². The number of amides is 3. The Hall–Kier alpha value is -5.34. The summed E-state index contributed by atoms with van der Waals surface area (Å²) in [6.45, 7) is 6.08. The van der Waals surface area contributed by atoms with Crippen LogP contribution in [0.2, 0.25) is 0 Å². The van der Waals surface area contributed by atoms with E-state index < -0.39 is 29.3 Å². The Morgan fingerprint density at radius 2 is 1.74 bits per heavy atom. The first-order chi connectivity index (χ1) is 27.2. The van der Waals surface area contributed by atoms with Crippen molar-refractivity contribution in [2.24, 2.45) is 13.0 Å². The van der Waals surface area contributed by atoms with Gasteiger partial charge in [0.2, 0.25) is 11.8 Å². The molecule has 13 nitrogen and oxygen atoms in total. The van der Waals surface area contributed by atoms with E-state index in [9.17, 15) is 28.7 Å². The third kappa shape index (κ3) is 7.60. The number of para-hydroxylation sites is 1. The summed E-state index contributed by atoms with van der Waals surface area (Å²) in [6.07, 6.45) is 8.74. The molecule has 14 heteroatoms. The first-order valence-corrected chi connectivity index (χ1v) is 20.1. The van der Waals surface area contributed by atoms with Gasteiger partial charge in [-0.1, -0.05) is 12.1 Å². The number of carbonyl (C=O) groups is 3. The van der Waals surface area contributed by atoms with Crippen LogP contribution >= 0.6 is 0 Å². The zero-order valence-corrected chi connectivity index (χ0v) is 33.0. The molecule has 1 aliphatic carbocycles. The number of rotatable bonds is 9. The molecule has 3 N–H and O–H groups in total. The predicted octanol–water partition coefficient (Wildman–Crippen LogP) is 5.62. The average Bonchev–Trinajstić information content (AvgIpc) is 3.72. The summed E-state index contributed by atoms with van der Waals surface area (Å²) in [4.78, 5) is 55.9. The third-order valence-corrected chi connectivity index (χ3v) is 12.4. The Kier molecular flexibility index (Phi) is 10.3. The van der Waals surface area contributed by atoms with Gasteiger partial charge in [-0.25, -0.2) is 9.18 Å². The standard InChI is InChI=1S/C43H51FN8O5/c1-43(2,57)32-23-33-28(22-34(32)45-40(54)27-7-5-8-29(44)21-27)25-51(47-33)31-13-11-26(12-14-31)24-48(3)30-17-19-50(20-18-30)35-9-6-10-36-39(35)49(4)42(56)52(36)37-15-16-38(53)46-41(37)55/h5-10,21-23,25-26,30-31,37,57H,11-20,24H2,1-4H3,(H,45,54)(H,46,53,55)/t26-,31-,37?. The Bertz CT molecular complexity index is 2410. The van der Waals surface area contributed by atoms with Gasteiger partial charge in [0.1, 0.15) is 11.9 Å². The minimum atomic E-state index is -1.25. The molecule has 0 radical (unpaired) electrons. The number of benzene rings is 3. The number of halogens is 1. The monoisotopic (exact) mass is 778 g/mol. The van der Waals surface area contributed by atoms with Crippen LogP contribution in [0, 0.1) is 11.7 Å². The molecule has 1 unspecified atom stereocenters. The highest BCUT2D eigenvalue weighted by molar-refractivity contribution is 6.06. The SMILES string of the molecule is CN(C[C@H]1CC[C@H](n2cc3cc(NC(=O)c4cccc(F)c4)c(C(C)(C)O)cc3n2)CC1)C1CCN(c2cccc3c2n(C)c(=O)n3C2CCC(=O)NC2=O)CC1. The maximum atomic E-state index is 13.8. The van der Waals surface area contributed by atoms with Gasteiger partial charge in [-0.3, -0.25) is 33.5 Å². The van der Waals surface area contributed by atoms with Crippen LogP contribution in [0.15, 0.2) is 65.6 Å². The van der Waals surface area contributed by atoms with Gasteiger partial charge in [-0.05, 0) is 114 Å². The zero-order chi connectivity index (χ0) is 40.2. The minimum Gasteiger partial charge on any atom is -0.386 e. The van der Waals surface area contributed by atoms with E-state index in [0.29, 0.717) is 35.1 Å². The second-order valence-corrected chi connectivity index (χ2v) is 16.7. The number of imidazole rings is 1. The Balaban J connectivity index is 0.883. The summed E-state index contributed by atoms with van der Waals surface area (Å²) in [5, 5.41) is 22.1. The molecule has 0 bridgehead atoms. The number of hydrogen-bond donors (Lipinski definition) is 3. The van der Waals surface area contributed by atoms with E-state index in [-0.39, 0.29) is 29.6 Å². The number of fused-ring (bicyclic) bond motifs is 2. The van der Waals surface area contributed by atoms with Crippen molar-refractivity contribution in [2.45, 2.75) is 88.9 Å². The number of aryl methyl sites for hydroxylation is 1. The zero-order valence-electron chi connectivity index (χ0n) is 33.0. The lowest BCUT2D eigenvalue weighted by molar-refractivity contribution is -0.135. The van der Waals surface area contributed by atoms with Gasteiger partial charge in [0.15, 0.2) is 0 Å². The van der Waals surface area contributed by atoms with Crippen LogP contribution in [0.5, 0.6) is 0 Å². The van der Waals surface area contributed by atoms with E-state index in [1.807, 2.05) is 35.1 Å². The molecule has 3 amide bonds. The van der Waals surface area contributed by atoms with Gasteiger partial charge < -0.3 is 20.2 Å². The lowest BCUT2D eigenvalue weighted by atomic mass is 9.85. The Morgan fingerprint density at radius 3 is 2.44 bits per heavy atom. The summed E-state index contributed by atoms with van der Waals surface area (Å²) in [5.41, 5.74) is 2.96.